The van der Waals surface area contributed by atoms with E-state index >= 15 is 0 Å². The van der Waals surface area contributed by atoms with Crippen molar-refractivity contribution in [1.29, 1.82) is 0 Å². The number of hydrogen-bond donors (Lipinski definition) is 0. The average Bonchev–Trinajstić information content (AvgIpc) is 3.24. The van der Waals surface area contributed by atoms with E-state index in [1.807, 2.05) is 91.2 Å². The van der Waals surface area contributed by atoms with Crippen LogP contribution in [0.5, 0.6) is 0 Å². The van der Waals surface area contributed by atoms with Crippen LogP contribution in [-0.4, -0.2) is 23.4 Å². The summed E-state index contributed by atoms with van der Waals surface area (Å²) in [4.78, 5) is 33.9. The minimum absolute atomic E-state index is 0.185. The van der Waals surface area contributed by atoms with Gasteiger partial charge in [-0.15, -0.1) is 11.8 Å². The summed E-state index contributed by atoms with van der Waals surface area (Å²) < 4.78 is 8.83. The molecule has 0 bridgehead atoms. The fraction of sp³-hybridized carbons (Fsp3) is 0.138. The highest BCUT2D eigenvalue weighted by Crippen LogP contribution is 2.35. The van der Waals surface area contributed by atoms with Gasteiger partial charge in [-0.25, -0.2) is 9.79 Å². The quantitative estimate of drug-likeness (QED) is 0.164. The van der Waals surface area contributed by atoms with E-state index in [9.17, 15) is 9.59 Å². The lowest BCUT2D eigenvalue weighted by Crippen LogP contribution is -2.40. The molecule has 0 saturated heterocycles. The molecule has 5 rings (SSSR count). The maximum Gasteiger partial charge on any atom is 0.338 e. The van der Waals surface area contributed by atoms with Crippen LogP contribution in [0.1, 0.15) is 29.7 Å². The Balaban J connectivity index is 1.81. The van der Waals surface area contributed by atoms with Crippen LogP contribution >= 0.6 is 45.7 Å². The minimum Gasteiger partial charge on any atom is -0.463 e. The fourth-order valence-electron chi connectivity index (χ4n) is 4.25. The van der Waals surface area contributed by atoms with Crippen LogP contribution in [0.25, 0.3) is 11.8 Å². The zero-order valence-corrected chi connectivity index (χ0v) is 24.0. The molecule has 1 aliphatic heterocycles. The van der Waals surface area contributed by atoms with Gasteiger partial charge in [-0.05, 0) is 77.2 Å². The third-order valence-electron chi connectivity index (χ3n) is 5.97. The number of carbonyl (C=O) groups is 1. The number of thiazole rings is 1. The van der Waals surface area contributed by atoms with Crippen molar-refractivity contribution < 1.29 is 9.53 Å². The molecule has 3 aromatic carbocycles. The predicted molar refractivity (Wildman–Crippen MR) is 158 cm³/mol. The highest BCUT2D eigenvalue weighted by Gasteiger charge is 2.35. The van der Waals surface area contributed by atoms with E-state index in [0.717, 1.165) is 25.2 Å². The molecule has 8 heteroatoms. The van der Waals surface area contributed by atoms with Gasteiger partial charge in [-0.2, -0.15) is 0 Å². The standard InChI is InChI=1S/C29H23IN2O3S2/c1-3-35-28(34)24-25(19-7-5-4-6-8-19)31-29-32(26(24)20-11-15-22(36-2)16-12-20)27(33)23(37-29)17-18-9-13-21(30)14-10-18/h4-17,26H,3H2,1-2H3/b23-17-/t26-/m1/s1. The molecular weight excluding hydrogens is 615 g/mol. The summed E-state index contributed by atoms with van der Waals surface area (Å²) in [6, 6.07) is 24.9. The number of halogens is 1. The van der Waals surface area contributed by atoms with Crippen LogP contribution in [-0.2, 0) is 9.53 Å². The zero-order chi connectivity index (χ0) is 25.9. The van der Waals surface area contributed by atoms with Gasteiger partial charge in [0, 0.05) is 14.0 Å². The summed E-state index contributed by atoms with van der Waals surface area (Å²) in [5.41, 5.74) is 3.26. The predicted octanol–water partition coefficient (Wildman–Crippen LogP) is 5.26. The van der Waals surface area contributed by atoms with Gasteiger partial charge in [0.15, 0.2) is 4.80 Å². The van der Waals surface area contributed by atoms with E-state index < -0.39 is 12.0 Å². The zero-order valence-electron chi connectivity index (χ0n) is 20.2. The summed E-state index contributed by atoms with van der Waals surface area (Å²) in [5, 5.41) is 0. The van der Waals surface area contributed by atoms with Gasteiger partial charge in [0.25, 0.3) is 5.56 Å². The summed E-state index contributed by atoms with van der Waals surface area (Å²) in [6.45, 7) is 2.00. The number of thioether (sulfide) groups is 1. The summed E-state index contributed by atoms with van der Waals surface area (Å²) in [5.74, 6) is -0.476. The number of carbonyl (C=O) groups excluding carboxylic acids is 1. The second kappa shape index (κ2) is 11.2. The minimum atomic E-state index is -0.666. The third kappa shape index (κ3) is 5.23. The van der Waals surface area contributed by atoms with Gasteiger partial charge >= 0.3 is 5.97 Å². The van der Waals surface area contributed by atoms with Gasteiger partial charge < -0.3 is 4.74 Å². The summed E-state index contributed by atoms with van der Waals surface area (Å²) in [6.07, 6.45) is 3.89. The first kappa shape index (κ1) is 25.7. The SMILES string of the molecule is CCOC(=O)C1=C(c2ccccc2)N=c2s/c(=C\c3ccc(I)cc3)c(=O)n2[C@@H]1c1ccc(SC)cc1. The van der Waals surface area contributed by atoms with Gasteiger partial charge in [0.1, 0.15) is 0 Å². The topological polar surface area (TPSA) is 60.7 Å². The Kier molecular flexibility index (Phi) is 7.78. The lowest BCUT2D eigenvalue weighted by molar-refractivity contribution is -0.138. The molecule has 0 spiro atoms. The van der Waals surface area contributed by atoms with E-state index in [2.05, 4.69) is 22.6 Å². The van der Waals surface area contributed by atoms with Crippen LogP contribution in [0, 0.1) is 3.57 Å². The van der Waals surface area contributed by atoms with Crippen LogP contribution in [0.15, 0.2) is 99.1 Å². The molecule has 5 nitrogen and oxygen atoms in total. The van der Waals surface area contributed by atoms with Crippen molar-refractivity contribution in [3.63, 3.8) is 0 Å². The van der Waals surface area contributed by atoms with Crippen LogP contribution < -0.4 is 14.9 Å². The molecule has 2 heterocycles. The van der Waals surface area contributed by atoms with Crippen LogP contribution in [0.2, 0.25) is 0 Å². The van der Waals surface area contributed by atoms with Crippen molar-refractivity contribution in [2.75, 3.05) is 12.9 Å². The highest BCUT2D eigenvalue weighted by atomic mass is 127. The Bertz CT molecular complexity index is 1660. The Labute approximate surface area is 236 Å². The van der Waals surface area contributed by atoms with E-state index in [0.29, 0.717) is 20.6 Å². The highest BCUT2D eigenvalue weighted by molar-refractivity contribution is 14.1. The lowest BCUT2D eigenvalue weighted by Gasteiger charge is -2.26. The monoisotopic (exact) mass is 638 g/mol. The number of nitrogens with zero attached hydrogens (tertiary/aromatic N) is 2. The van der Waals surface area contributed by atoms with Crippen molar-refractivity contribution >= 4 is 63.4 Å². The van der Waals surface area contributed by atoms with Crippen molar-refractivity contribution in [3.05, 3.63) is 124 Å². The number of esters is 1. The van der Waals surface area contributed by atoms with Gasteiger partial charge in [0.05, 0.1) is 28.5 Å². The molecule has 0 aliphatic carbocycles. The largest absolute Gasteiger partial charge is 0.463 e. The Hall–Kier alpha value is -2.95. The van der Waals surface area contributed by atoms with Crippen molar-refractivity contribution in [2.45, 2.75) is 17.9 Å². The van der Waals surface area contributed by atoms with E-state index in [4.69, 9.17) is 9.73 Å². The molecule has 4 aromatic rings. The number of fused-ring (bicyclic) bond motifs is 1. The first-order valence-corrected chi connectivity index (χ1v) is 14.8. The lowest BCUT2D eigenvalue weighted by atomic mass is 9.93. The first-order chi connectivity index (χ1) is 18.0. The average molecular weight is 639 g/mol. The maximum absolute atomic E-state index is 13.9. The molecule has 186 valence electrons. The van der Waals surface area contributed by atoms with Crippen LogP contribution in [0.3, 0.4) is 0 Å². The van der Waals surface area contributed by atoms with Crippen LogP contribution in [0.4, 0.5) is 0 Å². The molecule has 1 aromatic heterocycles. The number of aromatic nitrogens is 1. The number of ether oxygens (including phenoxy) is 1. The van der Waals surface area contributed by atoms with Crippen molar-refractivity contribution in [2.24, 2.45) is 4.99 Å². The van der Waals surface area contributed by atoms with E-state index in [1.165, 1.54) is 11.3 Å². The Morgan fingerprint density at radius 2 is 1.78 bits per heavy atom. The molecule has 0 unspecified atom stereocenters. The molecule has 0 amide bonds. The molecule has 1 aliphatic rings. The second-order valence-corrected chi connectivity index (χ2v) is 11.4. The van der Waals surface area contributed by atoms with Crippen molar-refractivity contribution in [1.82, 2.24) is 4.57 Å². The molecule has 37 heavy (non-hydrogen) atoms. The van der Waals surface area contributed by atoms with E-state index in [-0.39, 0.29) is 12.2 Å². The molecule has 0 saturated carbocycles. The molecule has 1 atom stereocenters. The molecular formula is C29H23IN2O3S2. The maximum atomic E-state index is 13.9. The fourth-order valence-corrected chi connectivity index (χ4v) is 6.02. The van der Waals surface area contributed by atoms with Gasteiger partial charge in [0.2, 0.25) is 0 Å². The Morgan fingerprint density at radius 3 is 2.43 bits per heavy atom. The van der Waals surface area contributed by atoms with Crippen molar-refractivity contribution in [3.8, 4) is 0 Å². The smallest absolute Gasteiger partial charge is 0.338 e. The van der Waals surface area contributed by atoms with Gasteiger partial charge in [-0.3, -0.25) is 9.36 Å². The molecule has 0 radical (unpaired) electrons. The summed E-state index contributed by atoms with van der Waals surface area (Å²) >= 11 is 5.22. The number of hydrogen-bond acceptors (Lipinski definition) is 6. The van der Waals surface area contributed by atoms with E-state index in [1.54, 1.807) is 23.3 Å². The third-order valence-corrected chi connectivity index (χ3v) is 8.42. The Morgan fingerprint density at radius 1 is 1.08 bits per heavy atom. The van der Waals surface area contributed by atoms with Gasteiger partial charge in [-0.1, -0.05) is 65.9 Å². The number of rotatable bonds is 6. The summed E-state index contributed by atoms with van der Waals surface area (Å²) in [7, 11) is 0. The number of benzene rings is 3. The molecule has 0 fully saturated rings. The first-order valence-electron chi connectivity index (χ1n) is 11.7. The second-order valence-electron chi connectivity index (χ2n) is 8.26. The molecule has 0 N–H and O–H groups in total. The normalized spacial score (nSPS) is 15.3.